The summed E-state index contributed by atoms with van der Waals surface area (Å²) in [4.78, 5) is 18.2. The third kappa shape index (κ3) is 9.13. The van der Waals surface area contributed by atoms with Crippen LogP contribution >= 0.6 is 0 Å². The molecule has 0 amide bonds. The molecule has 0 aromatic heterocycles. The number of carbonyl (C=O) groups excluding carboxylic acids is 1. The number of aryl methyl sites for hydroxylation is 1. The summed E-state index contributed by atoms with van der Waals surface area (Å²) in [5.74, 6) is 2.44. The predicted molar refractivity (Wildman–Crippen MR) is 169 cm³/mol. The van der Waals surface area contributed by atoms with Crippen LogP contribution in [-0.2, 0) is 16.0 Å². The lowest BCUT2D eigenvalue weighted by Gasteiger charge is -2.36. The summed E-state index contributed by atoms with van der Waals surface area (Å²) in [6.07, 6.45) is 12.3. The van der Waals surface area contributed by atoms with Gasteiger partial charge in [-0.3, -0.25) is 9.69 Å². The van der Waals surface area contributed by atoms with Crippen LogP contribution in [0, 0.1) is 23.6 Å². The van der Waals surface area contributed by atoms with Crippen molar-refractivity contribution in [3.63, 3.8) is 0 Å². The first kappa shape index (κ1) is 31.2. The van der Waals surface area contributed by atoms with Gasteiger partial charge in [0.15, 0.2) is 0 Å². The molecule has 1 saturated heterocycles. The van der Waals surface area contributed by atoms with Crippen LogP contribution in [-0.4, -0.2) is 60.1 Å². The first-order valence-electron chi connectivity index (χ1n) is 16.7. The fourth-order valence-corrected chi connectivity index (χ4v) is 7.63. The molecule has 2 aromatic rings. The minimum absolute atomic E-state index is 0.0805. The van der Waals surface area contributed by atoms with E-state index in [4.69, 9.17) is 4.74 Å². The molecule has 3 fully saturated rings. The van der Waals surface area contributed by atoms with Gasteiger partial charge in [0.1, 0.15) is 11.4 Å². The Morgan fingerprint density at radius 3 is 2.31 bits per heavy atom. The van der Waals surface area contributed by atoms with Crippen molar-refractivity contribution in [2.45, 2.75) is 103 Å². The van der Waals surface area contributed by atoms with Crippen LogP contribution in [0.1, 0.15) is 95.6 Å². The Bertz CT molecular complexity index is 1100. The minimum Gasteiger partial charge on any atom is -0.459 e. The van der Waals surface area contributed by atoms with Gasteiger partial charge in [-0.15, -0.1) is 0 Å². The second-order valence-corrected chi connectivity index (χ2v) is 14.5. The summed E-state index contributed by atoms with van der Waals surface area (Å²) >= 11 is 0. The molecule has 0 bridgehead atoms. The predicted octanol–water partition coefficient (Wildman–Crippen LogP) is 7.87. The molecule has 4 nitrogen and oxygen atoms in total. The molecule has 1 heterocycles. The van der Waals surface area contributed by atoms with Crippen molar-refractivity contribution in [3.05, 3.63) is 71.5 Å². The van der Waals surface area contributed by atoms with E-state index in [0.717, 1.165) is 44.2 Å². The first-order valence-corrected chi connectivity index (χ1v) is 16.7. The normalized spacial score (nSPS) is 24.2. The van der Waals surface area contributed by atoms with Crippen molar-refractivity contribution in [1.82, 2.24) is 9.80 Å². The number of likely N-dealkylation sites (tertiary alicyclic amines) is 1. The molecule has 3 atom stereocenters. The number of piperidine rings is 1. The summed E-state index contributed by atoms with van der Waals surface area (Å²) in [6, 6.07) is 18.6. The van der Waals surface area contributed by atoms with Gasteiger partial charge in [0.25, 0.3) is 0 Å². The largest absolute Gasteiger partial charge is 0.459 e. The highest BCUT2D eigenvalue weighted by Gasteiger charge is 2.40. The van der Waals surface area contributed by atoms with Gasteiger partial charge in [0.2, 0.25) is 0 Å². The molecule has 0 spiro atoms. The number of benzene rings is 2. The molecule has 3 aliphatic rings. The summed E-state index contributed by atoms with van der Waals surface area (Å²) in [5.41, 5.74) is 2.26. The van der Waals surface area contributed by atoms with E-state index in [2.05, 4.69) is 40.1 Å². The highest BCUT2D eigenvalue weighted by molar-refractivity contribution is 5.72. The molecule has 5 heteroatoms. The van der Waals surface area contributed by atoms with Crippen LogP contribution in [0.4, 0.5) is 4.39 Å². The number of halogens is 1. The average Bonchev–Trinajstić information content (AvgIpc) is 3.35. The SMILES string of the molecule is CC(C)(C)OC(=O)CN(CC1CCC1)C1CC(CN2CCC(CCCc3ccc(F)cc3)CC2)C(c2ccccc2)C1. The average molecular weight is 577 g/mol. The summed E-state index contributed by atoms with van der Waals surface area (Å²) in [7, 11) is 0. The van der Waals surface area contributed by atoms with Crippen molar-refractivity contribution in [2.24, 2.45) is 17.8 Å². The Balaban J connectivity index is 1.17. The van der Waals surface area contributed by atoms with Gasteiger partial charge < -0.3 is 9.64 Å². The smallest absolute Gasteiger partial charge is 0.320 e. The van der Waals surface area contributed by atoms with Crippen LogP contribution in [0.2, 0.25) is 0 Å². The van der Waals surface area contributed by atoms with E-state index in [1.54, 1.807) is 12.1 Å². The molecule has 0 N–H and O–H groups in total. The molecular weight excluding hydrogens is 523 g/mol. The van der Waals surface area contributed by atoms with E-state index in [-0.39, 0.29) is 11.8 Å². The van der Waals surface area contributed by atoms with Crippen molar-refractivity contribution < 1.29 is 13.9 Å². The lowest BCUT2D eigenvalue weighted by Crippen LogP contribution is -2.44. The Morgan fingerprint density at radius 2 is 1.67 bits per heavy atom. The third-order valence-electron chi connectivity index (χ3n) is 10.1. The molecule has 230 valence electrons. The first-order chi connectivity index (χ1) is 20.2. The molecule has 2 saturated carbocycles. The Morgan fingerprint density at radius 1 is 0.952 bits per heavy atom. The molecule has 2 aliphatic carbocycles. The van der Waals surface area contributed by atoms with Gasteiger partial charge in [-0.05, 0) is 132 Å². The minimum atomic E-state index is -0.447. The van der Waals surface area contributed by atoms with Crippen molar-refractivity contribution in [1.29, 1.82) is 0 Å². The Labute approximate surface area is 254 Å². The zero-order chi connectivity index (χ0) is 29.5. The number of carbonyl (C=O) groups is 1. The van der Waals surface area contributed by atoms with Crippen molar-refractivity contribution in [3.8, 4) is 0 Å². The fourth-order valence-electron chi connectivity index (χ4n) is 7.63. The van der Waals surface area contributed by atoms with E-state index in [9.17, 15) is 9.18 Å². The quantitative estimate of drug-likeness (QED) is 0.241. The monoisotopic (exact) mass is 576 g/mol. The van der Waals surface area contributed by atoms with Gasteiger partial charge in [-0.25, -0.2) is 4.39 Å². The van der Waals surface area contributed by atoms with Gasteiger partial charge in [-0.1, -0.05) is 55.3 Å². The van der Waals surface area contributed by atoms with Gasteiger partial charge in [0, 0.05) is 19.1 Å². The molecule has 0 radical (unpaired) electrons. The van der Waals surface area contributed by atoms with Crippen LogP contribution in [0.25, 0.3) is 0 Å². The molecular formula is C37H53FN2O2. The maximum Gasteiger partial charge on any atom is 0.320 e. The van der Waals surface area contributed by atoms with Crippen LogP contribution in [0.15, 0.2) is 54.6 Å². The number of hydrogen-bond acceptors (Lipinski definition) is 4. The molecule has 3 unspecified atom stereocenters. The van der Waals surface area contributed by atoms with Gasteiger partial charge in [0.05, 0.1) is 6.54 Å². The number of ether oxygens (including phenoxy) is 1. The van der Waals surface area contributed by atoms with E-state index < -0.39 is 5.60 Å². The summed E-state index contributed by atoms with van der Waals surface area (Å²) in [6.45, 7) is 10.9. The van der Waals surface area contributed by atoms with Gasteiger partial charge >= 0.3 is 5.97 Å². The third-order valence-corrected chi connectivity index (χ3v) is 10.1. The Kier molecular flexibility index (Phi) is 10.8. The highest BCUT2D eigenvalue weighted by Crippen LogP contribution is 2.43. The van der Waals surface area contributed by atoms with Gasteiger partial charge in [-0.2, -0.15) is 0 Å². The maximum absolute atomic E-state index is 13.2. The maximum atomic E-state index is 13.2. The second-order valence-electron chi connectivity index (χ2n) is 14.5. The number of esters is 1. The standard InChI is InChI=1S/C37H53FN2O2/c1-37(2,3)42-36(41)27-40(25-30-11-8-12-30)34-23-32(35(24-34)31-13-5-4-6-14-31)26-39-21-19-29(20-22-39)10-7-9-28-15-17-33(38)18-16-28/h4-6,13-18,29-30,32,34-35H,7-12,19-27H2,1-3H3. The number of nitrogens with zero attached hydrogens (tertiary/aromatic N) is 2. The molecule has 5 rings (SSSR count). The van der Waals surface area contributed by atoms with E-state index in [1.165, 1.54) is 69.2 Å². The van der Waals surface area contributed by atoms with E-state index in [0.29, 0.717) is 24.4 Å². The molecule has 1 aliphatic heterocycles. The zero-order valence-corrected chi connectivity index (χ0v) is 26.3. The molecule has 42 heavy (non-hydrogen) atoms. The molecule has 2 aromatic carbocycles. The van der Waals surface area contributed by atoms with Crippen molar-refractivity contribution in [2.75, 3.05) is 32.7 Å². The van der Waals surface area contributed by atoms with Crippen molar-refractivity contribution >= 4 is 5.97 Å². The van der Waals surface area contributed by atoms with Crippen LogP contribution in [0.3, 0.4) is 0 Å². The topological polar surface area (TPSA) is 32.8 Å². The summed E-state index contributed by atoms with van der Waals surface area (Å²) < 4.78 is 19.0. The van der Waals surface area contributed by atoms with E-state index >= 15 is 0 Å². The summed E-state index contributed by atoms with van der Waals surface area (Å²) in [5, 5.41) is 0. The highest BCUT2D eigenvalue weighted by atomic mass is 19.1. The number of hydrogen-bond donors (Lipinski definition) is 0. The van der Waals surface area contributed by atoms with E-state index in [1.807, 2.05) is 32.9 Å². The Hall–Kier alpha value is -2.24. The lowest BCUT2D eigenvalue weighted by molar-refractivity contribution is -0.157. The zero-order valence-electron chi connectivity index (χ0n) is 26.3. The number of rotatable bonds is 12. The second kappa shape index (κ2) is 14.5. The van der Waals surface area contributed by atoms with Crippen LogP contribution in [0.5, 0.6) is 0 Å². The van der Waals surface area contributed by atoms with Crippen LogP contribution < -0.4 is 0 Å². The lowest BCUT2D eigenvalue weighted by atomic mass is 9.84. The fraction of sp³-hybridized carbons (Fsp3) is 0.649.